The minimum Gasteiger partial charge on any atom is -0.369 e. The van der Waals surface area contributed by atoms with Crippen LogP contribution in [0, 0.1) is 34.6 Å². The molecule has 5 heteroatoms. The number of nitrogens with one attached hydrogen (secondary N) is 1. The average molecular weight is 323 g/mol. The topological polar surface area (TPSA) is 88.8 Å². The predicted octanol–water partition coefficient (Wildman–Crippen LogP) is 3.60. The van der Waals surface area contributed by atoms with Gasteiger partial charge >= 0.3 is 0 Å². The Balaban J connectivity index is 2.27. The first-order valence-electron chi connectivity index (χ1n) is 7.87. The van der Waals surface area contributed by atoms with Crippen LogP contribution in [0.4, 0.5) is 11.4 Å². The molecule has 0 fully saturated rings. The van der Waals surface area contributed by atoms with Gasteiger partial charge in [0.1, 0.15) is 0 Å². The van der Waals surface area contributed by atoms with Gasteiger partial charge in [0.05, 0.1) is 5.69 Å². The van der Waals surface area contributed by atoms with Crippen molar-refractivity contribution in [3.05, 3.63) is 58.1 Å². The quantitative estimate of drug-likeness (QED) is 0.582. The normalized spacial score (nSPS) is 12.4. The molecule has 0 atom stereocenters. The largest absolute Gasteiger partial charge is 0.369 e. The van der Waals surface area contributed by atoms with E-state index in [0.717, 1.165) is 33.6 Å². The van der Waals surface area contributed by atoms with Crippen molar-refractivity contribution >= 4 is 23.3 Å². The molecule has 0 aliphatic carbocycles. The molecular formula is C19H25N5. The van der Waals surface area contributed by atoms with Crippen molar-refractivity contribution in [3.63, 3.8) is 0 Å². The highest BCUT2D eigenvalue weighted by molar-refractivity contribution is 6.02. The molecule has 2 rings (SSSR count). The number of para-hydroxylation sites is 1. The van der Waals surface area contributed by atoms with Gasteiger partial charge in [0.15, 0.2) is 0 Å². The molecule has 2 aromatic carbocycles. The molecule has 5 N–H and O–H groups in total. The molecule has 0 unspecified atom stereocenters. The molecule has 0 aliphatic heterocycles. The molecule has 0 spiro atoms. The maximum absolute atomic E-state index is 5.98. The van der Waals surface area contributed by atoms with Crippen LogP contribution >= 0.6 is 0 Å². The van der Waals surface area contributed by atoms with E-state index in [2.05, 4.69) is 34.4 Å². The van der Waals surface area contributed by atoms with Crippen molar-refractivity contribution in [1.29, 1.82) is 0 Å². The van der Waals surface area contributed by atoms with Crippen LogP contribution in [-0.4, -0.2) is 11.9 Å². The van der Waals surface area contributed by atoms with Crippen molar-refractivity contribution < 1.29 is 0 Å². The highest BCUT2D eigenvalue weighted by Crippen LogP contribution is 2.25. The van der Waals surface area contributed by atoms with E-state index in [4.69, 9.17) is 11.5 Å². The number of hydrogen-bond donors (Lipinski definition) is 3. The maximum atomic E-state index is 5.98. The van der Waals surface area contributed by atoms with Crippen molar-refractivity contribution in [2.75, 3.05) is 5.32 Å². The maximum Gasteiger partial charge on any atom is 0.223 e. The molecule has 24 heavy (non-hydrogen) atoms. The zero-order valence-corrected chi connectivity index (χ0v) is 14.9. The molecule has 0 saturated heterocycles. The Kier molecular flexibility index (Phi) is 5.24. The van der Waals surface area contributed by atoms with Crippen molar-refractivity contribution in [2.45, 2.75) is 34.6 Å². The van der Waals surface area contributed by atoms with Crippen LogP contribution in [0.1, 0.15) is 27.8 Å². The van der Waals surface area contributed by atoms with Crippen molar-refractivity contribution in [3.8, 4) is 0 Å². The van der Waals surface area contributed by atoms with Gasteiger partial charge < -0.3 is 16.8 Å². The first-order chi connectivity index (χ1) is 11.3. The Bertz CT molecular complexity index is 775. The first-order valence-corrected chi connectivity index (χ1v) is 7.87. The summed E-state index contributed by atoms with van der Waals surface area (Å²) in [5, 5.41) is 3.10. The van der Waals surface area contributed by atoms with Crippen LogP contribution in [0.25, 0.3) is 0 Å². The minimum atomic E-state index is 0.126. The van der Waals surface area contributed by atoms with Crippen molar-refractivity contribution in [2.24, 2.45) is 21.5 Å². The van der Waals surface area contributed by atoms with Gasteiger partial charge in [-0.2, -0.15) is 4.99 Å². The van der Waals surface area contributed by atoms with Gasteiger partial charge in [-0.15, -0.1) is 0 Å². The molecule has 0 radical (unpaired) electrons. The molecule has 0 saturated carbocycles. The molecule has 0 bridgehead atoms. The Hall–Kier alpha value is -2.82. The summed E-state index contributed by atoms with van der Waals surface area (Å²) >= 11 is 0. The summed E-state index contributed by atoms with van der Waals surface area (Å²) in [6.07, 6.45) is 0. The van der Waals surface area contributed by atoms with Gasteiger partial charge in [-0.25, -0.2) is 4.99 Å². The number of aryl methyl sites for hydroxylation is 5. The Morgan fingerprint density at radius 3 is 1.96 bits per heavy atom. The van der Waals surface area contributed by atoms with E-state index in [-0.39, 0.29) is 11.9 Å². The zero-order valence-electron chi connectivity index (χ0n) is 14.9. The predicted molar refractivity (Wildman–Crippen MR) is 103 cm³/mol. The third kappa shape index (κ3) is 4.13. The second-order valence-corrected chi connectivity index (χ2v) is 6.11. The lowest BCUT2D eigenvalue weighted by atomic mass is 10.1. The smallest absolute Gasteiger partial charge is 0.223 e. The fourth-order valence-electron chi connectivity index (χ4n) is 2.78. The van der Waals surface area contributed by atoms with Crippen LogP contribution in [0.15, 0.2) is 40.3 Å². The summed E-state index contributed by atoms with van der Waals surface area (Å²) in [6, 6.07) is 10.2. The number of nitrogens with two attached hydrogens (primary N) is 2. The number of anilines is 1. The van der Waals surface area contributed by atoms with Gasteiger partial charge in [0, 0.05) is 5.69 Å². The van der Waals surface area contributed by atoms with Crippen LogP contribution < -0.4 is 16.8 Å². The van der Waals surface area contributed by atoms with E-state index in [1.807, 2.05) is 45.9 Å². The first kappa shape index (κ1) is 17.5. The number of aliphatic imine (C=N–C) groups is 2. The van der Waals surface area contributed by atoms with Gasteiger partial charge in [-0.1, -0.05) is 35.9 Å². The molecule has 0 heterocycles. The van der Waals surface area contributed by atoms with Gasteiger partial charge in [-0.05, 0) is 56.9 Å². The third-order valence-electron chi connectivity index (χ3n) is 3.83. The van der Waals surface area contributed by atoms with Crippen molar-refractivity contribution in [1.82, 2.24) is 0 Å². The summed E-state index contributed by atoms with van der Waals surface area (Å²) in [5.41, 5.74) is 19.2. The van der Waals surface area contributed by atoms with Gasteiger partial charge in [-0.3, -0.25) is 0 Å². The highest BCUT2D eigenvalue weighted by atomic mass is 15.2. The average Bonchev–Trinajstić information content (AvgIpc) is 2.47. The Labute approximate surface area is 143 Å². The van der Waals surface area contributed by atoms with Gasteiger partial charge in [0.2, 0.25) is 11.9 Å². The lowest BCUT2D eigenvalue weighted by Gasteiger charge is -2.12. The molecule has 0 amide bonds. The second-order valence-electron chi connectivity index (χ2n) is 6.11. The van der Waals surface area contributed by atoms with E-state index in [9.17, 15) is 0 Å². The van der Waals surface area contributed by atoms with Crippen LogP contribution in [-0.2, 0) is 0 Å². The summed E-state index contributed by atoms with van der Waals surface area (Å²) in [7, 11) is 0. The number of guanidine groups is 2. The molecule has 5 nitrogen and oxygen atoms in total. The summed E-state index contributed by atoms with van der Waals surface area (Å²) in [5.74, 6) is 0.345. The summed E-state index contributed by atoms with van der Waals surface area (Å²) in [4.78, 5) is 8.58. The molecule has 0 aliphatic rings. The lowest BCUT2D eigenvalue weighted by molar-refractivity contribution is 1.27. The molecule has 126 valence electrons. The molecular weight excluding hydrogens is 298 g/mol. The van der Waals surface area contributed by atoms with E-state index in [1.165, 1.54) is 5.56 Å². The molecule has 0 aromatic heterocycles. The van der Waals surface area contributed by atoms with Crippen LogP contribution in [0.3, 0.4) is 0 Å². The Morgan fingerprint density at radius 1 is 0.875 bits per heavy atom. The number of hydrogen-bond acceptors (Lipinski definition) is 1. The van der Waals surface area contributed by atoms with E-state index >= 15 is 0 Å². The summed E-state index contributed by atoms with van der Waals surface area (Å²) in [6.45, 7) is 10.1. The standard InChI is InChI=1S/C19H25N5/c1-11-9-14(4)17(15(5)10-11)23-19(21)24-18(20)22-16-12(2)7-6-8-13(16)3/h6-10H,1-5H3,(H5,20,21,22,23,24). The third-order valence-corrected chi connectivity index (χ3v) is 3.83. The van der Waals surface area contributed by atoms with E-state index in [0.29, 0.717) is 0 Å². The summed E-state index contributed by atoms with van der Waals surface area (Å²) < 4.78 is 0. The van der Waals surface area contributed by atoms with E-state index in [1.54, 1.807) is 0 Å². The second kappa shape index (κ2) is 7.17. The van der Waals surface area contributed by atoms with Gasteiger partial charge in [0.25, 0.3) is 0 Å². The molecule has 2 aromatic rings. The SMILES string of the molecule is Cc1cc(C)c(N=C(N)N=C(N)Nc2c(C)cccc2C)c(C)c1. The highest BCUT2D eigenvalue weighted by Gasteiger charge is 2.05. The van der Waals surface area contributed by atoms with Crippen LogP contribution in [0.2, 0.25) is 0 Å². The monoisotopic (exact) mass is 323 g/mol. The fourth-order valence-corrected chi connectivity index (χ4v) is 2.78. The lowest BCUT2D eigenvalue weighted by Crippen LogP contribution is -2.26. The van der Waals surface area contributed by atoms with Crippen LogP contribution in [0.5, 0.6) is 0 Å². The fraction of sp³-hybridized carbons (Fsp3) is 0.263. The zero-order chi connectivity index (χ0) is 17.9. The Morgan fingerprint density at radius 2 is 1.42 bits per heavy atom. The number of rotatable bonds is 2. The van der Waals surface area contributed by atoms with E-state index < -0.39 is 0 Å². The number of benzene rings is 2. The minimum absolute atomic E-state index is 0.126. The number of nitrogens with zero attached hydrogens (tertiary/aromatic N) is 2.